The van der Waals surface area contributed by atoms with E-state index in [2.05, 4.69) is 20.9 Å². The summed E-state index contributed by atoms with van der Waals surface area (Å²) in [7, 11) is 0. The first kappa shape index (κ1) is 18.5. The number of nitro benzene ring substituents is 1. The van der Waals surface area contributed by atoms with Crippen LogP contribution in [-0.4, -0.2) is 10.8 Å². The predicted molar refractivity (Wildman–Crippen MR) is 107 cm³/mol. The molecule has 0 radical (unpaired) electrons. The van der Waals surface area contributed by atoms with Crippen LogP contribution in [0.1, 0.15) is 5.56 Å². The van der Waals surface area contributed by atoms with Gasteiger partial charge in [0.1, 0.15) is 0 Å². The Morgan fingerprint density at radius 3 is 2.41 bits per heavy atom. The van der Waals surface area contributed by atoms with Crippen molar-refractivity contribution in [3.8, 4) is 5.75 Å². The molecule has 0 fully saturated rings. The second-order valence-electron chi connectivity index (χ2n) is 5.44. The molecule has 0 aromatic heterocycles. The summed E-state index contributed by atoms with van der Waals surface area (Å²) in [6.45, 7) is 0. The summed E-state index contributed by atoms with van der Waals surface area (Å²) in [4.78, 5) is 27.0. The van der Waals surface area contributed by atoms with Gasteiger partial charge in [-0.1, -0.05) is 40.2 Å². The first-order chi connectivity index (χ1) is 13.0. The molecule has 7 heteroatoms. The molecule has 0 heterocycles. The molecule has 6 nitrogen and oxygen atoms in total. The summed E-state index contributed by atoms with van der Waals surface area (Å²) >= 11 is 3.38. The topological polar surface area (TPSA) is 81.8 Å². The molecule has 0 aliphatic rings. The second-order valence-corrected chi connectivity index (χ2v) is 6.36. The zero-order chi connectivity index (χ0) is 19.2. The standard InChI is InChI=1S/C20H13BrN2O4/c21-15-5-4-6-16(13-15)22-20(14-9-11-17(12-10-14)23(25)26)27-19-8-3-1-2-7-18(19)24/h1-13H. The zero-order valence-corrected chi connectivity index (χ0v) is 15.5. The number of rotatable bonds is 4. The van der Waals surface area contributed by atoms with Crippen molar-refractivity contribution in [1.82, 2.24) is 0 Å². The van der Waals surface area contributed by atoms with Gasteiger partial charge in [-0.05, 0) is 42.5 Å². The van der Waals surface area contributed by atoms with Crippen LogP contribution in [0.15, 0.2) is 93.1 Å². The predicted octanol–water partition coefficient (Wildman–Crippen LogP) is 4.87. The summed E-state index contributed by atoms with van der Waals surface area (Å²) in [5, 5.41) is 10.9. The van der Waals surface area contributed by atoms with Crippen molar-refractivity contribution >= 4 is 33.2 Å². The van der Waals surface area contributed by atoms with Gasteiger partial charge in [-0.15, -0.1) is 0 Å². The van der Waals surface area contributed by atoms with Crippen molar-refractivity contribution in [2.45, 2.75) is 0 Å². The molecule has 0 aliphatic heterocycles. The summed E-state index contributed by atoms with van der Waals surface area (Å²) < 4.78 is 6.62. The molecule has 0 unspecified atom stereocenters. The van der Waals surface area contributed by atoms with Crippen molar-refractivity contribution in [2.24, 2.45) is 4.99 Å². The van der Waals surface area contributed by atoms with Gasteiger partial charge in [0, 0.05) is 22.2 Å². The molecule has 0 aliphatic carbocycles. The molecule has 0 saturated heterocycles. The maximum Gasteiger partial charge on any atom is 0.269 e. The van der Waals surface area contributed by atoms with Gasteiger partial charge in [-0.2, -0.15) is 0 Å². The van der Waals surface area contributed by atoms with Gasteiger partial charge < -0.3 is 4.74 Å². The minimum atomic E-state index is -0.483. The van der Waals surface area contributed by atoms with Crippen LogP contribution < -0.4 is 10.2 Å². The summed E-state index contributed by atoms with van der Waals surface area (Å²) in [5.74, 6) is 0.262. The molecule has 27 heavy (non-hydrogen) atoms. The monoisotopic (exact) mass is 424 g/mol. The van der Waals surface area contributed by atoms with Crippen LogP contribution in [0.4, 0.5) is 11.4 Å². The summed E-state index contributed by atoms with van der Waals surface area (Å²) in [6, 6.07) is 21.0. The Morgan fingerprint density at radius 2 is 1.70 bits per heavy atom. The highest BCUT2D eigenvalue weighted by molar-refractivity contribution is 9.10. The van der Waals surface area contributed by atoms with E-state index in [-0.39, 0.29) is 22.8 Å². The molecule has 0 bridgehead atoms. The minimum absolute atomic E-state index is 0.0452. The van der Waals surface area contributed by atoms with Crippen molar-refractivity contribution in [3.05, 3.63) is 109 Å². The Hall–Kier alpha value is -3.32. The summed E-state index contributed by atoms with van der Waals surface area (Å²) in [5.41, 5.74) is 0.761. The number of benzene rings is 2. The number of halogens is 1. The van der Waals surface area contributed by atoms with E-state index < -0.39 is 4.92 Å². The average Bonchev–Trinajstić information content (AvgIpc) is 2.86. The van der Waals surface area contributed by atoms with Crippen LogP contribution in [0.25, 0.3) is 0 Å². The molecule has 3 rings (SSSR count). The highest BCUT2D eigenvalue weighted by Gasteiger charge is 2.12. The Morgan fingerprint density at radius 1 is 0.963 bits per heavy atom. The highest BCUT2D eigenvalue weighted by atomic mass is 79.9. The van der Waals surface area contributed by atoms with Crippen LogP contribution in [0.3, 0.4) is 0 Å². The van der Waals surface area contributed by atoms with Gasteiger partial charge in [0.2, 0.25) is 11.3 Å². The van der Waals surface area contributed by atoms with Crippen LogP contribution in [-0.2, 0) is 0 Å². The maximum absolute atomic E-state index is 12.2. The fourth-order valence-electron chi connectivity index (χ4n) is 2.24. The smallest absolute Gasteiger partial charge is 0.269 e. The van der Waals surface area contributed by atoms with Crippen LogP contribution in [0.2, 0.25) is 0 Å². The third-order valence-corrected chi connectivity index (χ3v) is 4.02. The van der Waals surface area contributed by atoms with E-state index in [1.807, 2.05) is 12.1 Å². The number of hydrogen-bond donors (Lipinski definition) is 0. The van der Waals surface area contributed by atoms with E-state index >= 15 is 0 Å². The maximum atomic E-state index is 12.2. The Kier molecular flexibility index (Phi) is 5.73. The van der Waals surface area contributed by atoms with Gasteiger partial charge in [0.25, 0.3) is 5.69 Å². The molecule has 0 amide bonds. The van der Waals surface area contributed by atoms with Crippen molar-refractivity contribution in [2.75, 3.05) is 0 Å². The van der Waals surface area contributed by atoms with Crippen LogP contribution in [0.5, 0.6) is 5.75 Å². The Labute approximate surface area is 163 Å². The first-order valence-corrected chi connectivity index (χ1v) is 8.68. The number of ether oxygens (including phenoxy) is 1. The van der Waals surface area contributed by atoms with E-state index in [0.29, 0.717) is 11.3 Å². The van der Waals surface area contributed by atoms with Crippen molar-refractivity contribution in [1.29, 1.82) is 0 Å². The molecule has 0 saturated carbocycles. The lowest BCUT2D eigenvalue weighted by atomic mass is 10.2. The lowest BCUT2D eigenvalue weighted by Gasteiger charge is -2.08. The van der Waals surface area contributed by atoms with E-state index in [1.54, 1.807) is 36.4 Å². The van der Waals surface area contributed by atoms with E-state index in [0.717, 1.165) is 4.47 Å². The van der Waals surface area contributed by atoms with E-state index in [4.69, 9.17) is 4.74 Å². The number of nitro groups is 1. The first-order valence-electron chi connectivity index (χ1n) is 7.89. The number of aliphatic imine (C=N–C) groups is 1. The van der Waals surface area contributed by atoms with Crippen LogP contribution >= 0.6 is 15.9 Å². The molecule has 0 spiro atoms. The fraction of sp³-hybridized carbons (Fsp3) is 0. The van der Waals surface area contributed by atoms with Crippen LogP contribution in [0, 0.1) is 10.1 Å². The minimum Gasteiger partial charge on any atom is -0.434 e. The van der Waals surface area contributed by atoms with Gasteiger partial charge in [-0.25, -0.2) is 4.99 Å². The number of non-ortho nitro benzene ring substituents is 1. The third-order valence-electron chi connectivity index (χ3n) is 3.53. The third kappa shape index (κ3) is 4.86. The largest absolute Gasteiger partial charge is 0.434 e. The Bertz CT molecular complexity index is 1070. The van der Waals surface area contributed by atoms with Crippen molar-refractivity contribution < 1.29 is 9.66 Å². The van der Waals surface area contributed by atoms with Gasteiger partial charge in [0.05, 0.1) is 10.6 Å². The van der Waals surface area contributed by atoms with E-state index in [1.165, 1.54) is 30.3 Å². The zero-order valence-electron chi connectivity index (χ0n) is 13.9. The van der Waals surface area contributed by atoms with Gasteiger partial charge >= 0.3 is 0 Å². The molecule has 134 valence electrons. The van der Waals surface area contributed by atoms with E-state index in [9.17, 15) is 14.9 Å². The molecule has 3 aromatic rings. The van der Waals surface area contributed by atoms with Gasteiger partial charge in [-0.3, -0.25) is 14.9 Å². The Balaban J connectivity index is 2.07. The number of nitrogens with zero attached hydrogens (tertiary/aromatic N) is 2. The molecule has 3 aromatic carbocycles. The molecular weight excluding hydrogens is 412 g/mol. The normalized spacial score (nSPS) is 11.1. The number of hydrogen-bond acceptors (Lipinski definition) is 5. The molecular formula is C20H13BrN2O4. The lowest BCUT2D eigenvalue weighted by molar-refractivity contribution is -0.384. The molecule has 0 atom stereocenters. The second kappa shape index (κ2) is 8.37. The quantitative estimate of drug-likeness (QED) is 0.258. The SMILES string of the molecule is O=c1cccccc1OC(=Nc1cccc(Br)c1)c1ccc([N+](=O)[O-])cc1. The summed E-state index contributed by atoms with van der Waals surface area (Å²) in [6.07, 6.45) is 0. The highest BCUT2D eigenvalue weighted by Crippen LogP contribution is 2.21. The fourth-order valence-corrected chi connectivity index (χ4v) is 2.62. The van der Waals surface area contributed by atoms with Crippen molar-refractivity contribution in [3.63, 3.8) is 0 Å². The average molecular weight is 425 g/mol. The van der Waals surface area contributed by atoms with Gasteiger partial charge in [0.15, 0.2) is 5.75 Å². The molecule has 0 N–H and O–H groups in total. The lowest BCUT2D eigenvalue weighted by Crippen LogP contribution is -2.14.